The van der Waals surface area contributed by atoms with E-state index in [-0.39, 0.29) is 0 Å². The molecule has 0 amide bonds. The highest BCUT2D eigenvalue weighted by atomic mass is 16.6. The Hall–Kier alpha value is -1.82. The number of nitriles is 1. The molecule has 0 aromatic heterocycles. The molecule has 0 unspecified atom stereocenters. The lowest BCUT2D eigenvalue weighted by Crippen LogP contribution is -1.90. The summed E-state index contributed by atoms with van der Waals surface area (Å²) in [5.41, 5.74) is 1.46. The van der Waals surface area contributed by atoms with Crippen molar-refractivity contribution >= 4 is 6.21 Å². The van der Waals surface area contributed by atoms with E-state index in [0.29, 0.717) is 12.2 Å². The molecule has 13 heavy (non-hydrogen) atoms. The lowest BCUT2D eigenvalue weighted by atomic mass is 10.1. The minimum atomic E-state index is 0.310. The Kier molecular flexibility index (Phi) is 3.52. The van der Waals surface area contributed by atoms with Gasteiger partial charge in [-0.05, 0) is 13.0 Å². The van der Waals surface area contributed by atoms with E-state index in [1.807, 2.05) is 18.2 Å². The maximum absolute atomic E-state index is 8.72. The summed E-state index contributed by atoms with van der Waals surface area (Å²) in [4.78, 5) is 4.87. The van der Waals surface area contributed by atoms with E-state index < -0.39 is 0 Å². The van der Waals surface area contributed by atoms with Crippen LogP contribution in [0.25, 0.3) is 0 Å². The van der Waals surface area contributed by atoms with Gasteiger partial charge in [-0.2, -0.15) is 5.26 Å². The molecule has 3 nitrogen and oxygen atoms in total. The second-order valence-electron chi connectivity index (χ2n) is 2.36. The first kappa shape index (κ1) is 9.27. The first-order valence-electron chi connectivity index (χ1n) is 3.85. The Morgan fingerprint density at radius 3 is 2.92 bits per heavy atom. The molecule has 0 aliphatic heterocycles. The van der Waals surface area contributed by atoms with Gasteiger partial charge in [-0.1, -0.05) is 23.4 Å². The van der Waals surface area contributed by atoms with E-state index in [4.69, 9.17) is 10.1 Å². The predicted molar refractivity (Wildman–Crippen MR) is 49.1 cm³/mol. The Labute approximate surface area is 77.2 Å². The fourth-order valence-corrected chi connectivity index (χ4v) is 0.922. The highest BCUT2D eigenvalue weighted by molar-refractivity contribution is 5.52. The van der Waals surface area contributed by atoms with Crippen LogP contribution >= 0.6 is 0 Å². The van der Waals surface area contributed by atoms with Gasteiger partial charge in [0, 0.05) is 5.56 Å². The van der Waals surface area contributed by atoms with Gasteiger partial charge < -0.3 is 4.84 Å². The largest absolute Gasteiger partial charge is 0.391 e. The second kappa shape index (κ2) is 4.94. The number of benzene rings is 1. The number of hydrogen-bond donors (Lipinski definition) is 0. The van der Waals surface area contributed by atoms with Gasteiger partial charge in [0.2, 0.25) is 0 Å². The fraction of sp³-hybridized carbons (Fsp3) is 0.200. The highest BCUT2D eigenvalue weighted by Crippen LogP contribution is 2.08. The molecule has 0 saturated carbocycles. The van der Waals surface area contributed by atoms with Gasteiger partial charge in [0.25, 0.3) is 0 Å². The van der Waals surface area contributed by atoms with Crippen molar-refractivity contribution in [3.05, 3.63) is 35.4 Å². The third-order valence-corrected chi connectivity index (χ3v) is 1.51. The van der Waals surface area contributed by atoms with Gasteiger partial charge in [0.1, 0.15) is 12.8 Å². The van der Waals surface area contributed by atoms with Gasteiger partial charge in [-0.15, -0.1) is 0 Å². The van der Waals surface area contributed by atoms with E-state index >= 15 is 0 Å². The van der Waals surface area contributed by atoms with Gasteiger partial charge >= 0.3 is 0 Å². The van der Waals surface area contributed by atoms with Crippen LogP contribution in [-0.2, 0) is 11.4 Å². The fourth-order valence-electron chi connectivity index (χ4n) is 0.922. The standard InChI is InChI=1S/C10H9N2O/c1-2-12-13-8-10-6-4-3-5-9(10)7-11/h3-6H,8H2,1H3. The third-order valence-electron chi connectivity index (χ3n) is 1.51. The Bertz CT molecular complexity index is 339. The lowest BCUT2D eigenvalue weighted by molar-refractivity contribution is 0.131. The monoisotopic (exact) mass is 173 g/mol. The maximum Gasteiger partial charge on any atom is 0.143 e. The summed E-state index contributed by atoms with van der Waals surface area (Å²) in [6.45, 7) is 1.96. The molecular weight excluding hydrogens is 164 g/mol. The summed E-state index contributed by atoms with van der Waals surface area (Å²) in [6.07, 6.45) is 2.50. The summed E-state index contributed by atoms with van der Waals surface area (Å²) in [5.74, 6) is 0. The first-order valence-corrected chi connectivity index (χ1v) is 3.85. The minimum Gasteiger partial charge on any atom is -0.391 e. The van der Waals surface area contributed by atoms with Crippen LogP contribution < -0.4 is 0 Å². The van der Waals surface area contributed by atoms with E-state index in [0.717, 1.165) is 5.56 Å². The molecule has 0 aliphatic rings. The molecule has 1 aromatic rings. The molecule has 1 rings (SSSR count). The van der Waals surface area contributed by atoms with E-state index in [2.05, 4.69) is 17.4 Å². The Balaban J connectivity index is 2.71. The lowest BCUT2D eigenvalue weighted by Gasteiger charge is -2.00. The molecule has 1 aromatic carbocycles. The van der Waals surface area contributed by atoms with Crippen LogP contribution in [0.1, 0.15) is 18.1 Å². The smallest absolute Gasteiger partial charge is 0.143 e. The average molecular weight is 173 g/mol. The molecule has 0 aliphatic carbocycles. The van der Waals surface area contributed by atoms with E-state index in [1.165, 1.54) is 0 Å². The number of rotatable bonds is 3. The molecule has 0 heterocycles. The number of hydrogen-bond acceptors (Lipinski definition) is 3. The third kappa shape index (κ3) is 2.60. The van der Waals surface area contributed by atoms with Gasteiger partial charge in [-0.3, -0.25) is 0 Å². The molecule has 0 atom stereocenters. The van der Waals surface area contributed by atoms with Crippen molar-refractivity contribution < 1.29 is 4.84 Å². The molecule has 3 heteroatoms. The average Bonchev–Trinajstić information content (AvgIpc) is 2.19. The van der Waals surface area contributed by atoms with Gasteiger partial charge in [-0.25, -0.2) is 0 Å². The van der Waals surface area contributed by atoms with Crippen molar-refractivity contribution in [2.75, 3.05) is 0 Å². The van der Waals surface area contributed by atoms with Crippen LogP contribution in [0, 0.1) is 11.3 Å². The quantitative estimate of drug-likeness (QED) is 0.518. The van der Waals surface area contributed by atoms with E-state index in [1.54, 1.807) is 13.0 Å². The van der Waals surface area contributed by atoms with Crippen molar-refractivity contribution in [1.82, 2.24) is 0 Å². The summed E-state index contributed by atoms with van der Waals surface area (Å²) in [5, 5.41) is 12.2. The molecule has 1 radical (unpaired) electrons. The zero-order valence-corrected chi connectivity index (χ0v) is 7.32. The summed E-state index contributed by atoms with van der Waals surface area (Å²) < 4.78 is 0. The van der Waals surface area contributed by atoms with Crippen LogP contribution in [0.5, 0.6) is 0 Å². The van der Waals surface area contributed by atoms with Crippen LogP contribution in [0.4, 0.5) is 0 Å². The summed E-state index contributed by atoms with van der Waals surface area (Å²) in [7, 11) is 0. The predicted octanol–water partition coefficient (Wildman–Crippen LogP) is 1.96. The Morgan fingerprint density at radius 2 is 2.23 bits per heavy atom. The number of nitrogens with zero attached hydrogens (tertiary/aromatic N) is 2. The van der Waals surface area contributed by atoms with Crippen molar-refractivity contribution in [2.24, 2.45) is 5.16 Å². The molecule has 65 valence electrons. The van der Waals surface area contributed by atoms with Crippen LogP contribution in [-0.4, -0.2) is 6.21 Å². The van der Waals surface area contributed by atoms with Crippen molar-refractivity contribution in [3.8, 4) is 6.07 Å². The van der Waals surface area contributed by atoms with Crippen LogP contribution in [0.2, 0.25) is 0 Å². The molecule has 0 fully saturated rings. The summed E-state index contributed by atoms with van der Waals surface area (Å²) in [6, 6.07) is 9.34. The molecule has 0 spiro atoms. The normalized spacial score (nSPS) is 9.85. The second-order valence-corrected chi connectivity index (χ2v) is 2.36. The zero-order valence-electron chi connectivity index (χ0n) is 7.32. The summed E-state index contributed by atoms with van der Waals surface area (Å²) >= 11 is 0. The van der Waals surface area contributed by atoms with Crippen molar-refractivity contribution in [3.63, 3.8) is 0 Å². The minimum absolute atomic E-state index is 0.310. The molecule has 0 N–H and O–H groups in total. The topological polar surface area (TPSA) is 45.4 Å². The molecule has 0 bridgehead atoms. The van der Waals surface area contributed by atoms with Crippen molar-refractivity contribution in [1.29, 1.82) is 5.26 Å². The van der Waals surface area contributed by atoms with E-state index in [9.17, 15) is 0 Å². The van der Waals surface area contributed by atoms with Gasteiger partial charge in [0.15, 0.2) is 0 Å². The maximum atomic E-state index is 8.72. The molecule has 0 saturated heterocycles. The first-order chi connectivity index (χ1) is 6.38. The van der Waals surface area contributed by atoms with Gasteiger partial charge in [0.05, 0.1) is 11.6 Å². The SMILES string of the molecule is C/[C]=N\OCc1ccccc1C#N. The zero-order chi connectivity index (χ0) is 9.52. The van der Waals surface area contributed by atoms with Crippen molar-refractivity contribution in [2.45, 2.75) is 13.5 Å². The van der Waals surface area contributed by atoms with Crippen LogP contribution in [0.3, 0.4) is 0 Å². The Morgan fingerprint density at radius 1 is 1.46 bits per heavy atom. The van der Waals surface area contributed by atoms with Crippen LogP contribution in [0.15, 0.2) is 29.4 Å². The molecular formula is C10H9N2O. The highest BCUT2D eigenvalue weighted by Gasteiger charge is 1.99.